The number of hydrogen-bond acceptors (Lipinski definition) is 2. The summed E-state index contributed by atoms with van der Waals surface area (Å²) in [6.07, 6.45) is 3.45. The number of H-pyrrole nitrogens is 1. The summed E-state index contributed by atoms with van der Waals surface area (Å²) in [6.45, 7) is 0. The van der Waals surface area contributed by atoms with Gasteiger partial charge >= 0.3 is 0 Å². The molecule has 0 aliphatic carbocycles. The summed E-state index contributed by atoms with van der Waals surface area (Å²) in [4.78, 5) is 17.2. The van der Waals surface area contributed by atoms with Crippen LogP contribution in [0.2, 0.25) is 0 Å². The van der Waals surface area contributed by atoms with Crippen LogP contribution >= 0.6 is 15.9 Å². The largest absolute Gasteiger partial charge is 0.296 e. The lowest BCUT2D eigenvalue weighted by Gasteiger charge is -2.03. The van der Waals surface area contributed by atoms with Gasteiger partial charge in [-0.2, -0.15) is 0 Å². The average molecular weight is 366 g/mol. The number of nitrogens with one attached hydrogen (secondary N) is 1. The summed E-state index contributed by atoms with van der Waals surface area (Å²) in [7, 11) is 0. The van der Waals surface area contributed by atoms with E-state index in [2.05, 4.69) is 26.0 Å². The van der Waals surface area contributed by atoms with Crippen LogP contribution in [0.4, 0.5) is 0 Å². The lowest BCUT2D eigenvalue weighted by atomic mass is 10.1. The number of aromatic amines is 1. The number of halogens is 1. The fourth-order valence-corrected chi connectivity index (χ4v) is 3.04. The van der Waals surface area contributed by atoms with Crippen LogP contribution in [0.15, 0.2) is 76.3 Å². The Morgan fingerprint density at radius 2 is 1.74 bits per heavy atom. The van der Waals surface area contributed by atoms with Gasteiger partial charge in [0.25, 0.3) is 5.56 Å². The second kappa shape index (κ2) is 5.52. The summed E-state index contributed by atoms with van der Waals surface area (Å²) in [5.41, 5.74) is 3.83. The van der Waals surface area contributed by atoms with Gasteiger partial charge in [-0.15, -0.1) is 0 Å². The zero-order chi connectivity index (χ0) is 15.8. The Morgan fingerprint density at radius 1 is 0.957 bits per heavy atom. The standard InChI is InChI=1S/C18H12BrN3O/c19-14-8-4-7-13(9-14)15-11-21-22-17(15)20-10-16(18(22)23)12-5-2-1-3-6-12/h1-11,21H. The predicted molar refractivity (Wildman–Crippen MR) is 94.4 cm³/mol. The molecule has 0 amide bonds. The van der Waals surface area contributed by atoms with Gasteiger partial charge in [0, 0.05) is 22.4 Å². The highest BCUT2D eigenvalue weighted by Gasteiger charge is 2.12. The van der Waals surface area contributed by atoms with Crippen molar-refractivity contribution in [2.45, 2.75) is 0 Å². The quantitative estimate of drug-likeness (QED) is 0.580. The van der Waals surface area contributed by atoms with Gasteiger partial charge in [0.1, 0.15) is 0 Å². The van der Waals surface area contributed by atoms with Gasteiger partial charge in [0.05, 0.1) is 5.56 Å². The van der Waals surface area contributed by atoms with Gasteiger partial charge in [-0.25, -0.2) is 9.50 Å². The van der Waals surface area contributed by atoms with Gasteiger partial charge in [-0.3, -0.25) is 9.89 Å². The van der Waals surface area contributed by atoms with E-state index in [1.54, 1.807) is 12.4 Å². The Balaban J connectivity index is 1.93. The van der Waals surface area contributed by atoms with E-state index in [4.69, 9.17) is 0 Å². The van der Waals surface area contributed by atoms with E-state index in [0.29, 0.717) is 11.2 Å². The van der Waals surface area contributed by atoms with Gasteiger partial charge < -0.3 is 0 Å². The highest BCUT2D eigenvalue weighted by molar-refractivity contribution is 9.10. The normalized spacial score (nSPS) is 11.0. The Morgan fingerprint density at radius 3 is 2.52 bits per heavy atom. The van der Waals surface area contributed by atoms with Crippen molar-refractivity contribution in [3.8, 4) is 22.3 Å². The highest BCUT2D eigenvalue weighted by Crippen LogP contribution is 2.26. The molecule has 23 heavy (non-hydrogen) atoms. The van der Waals surface area contributed by atoms with Crippen LogP contribution in [0, 0.1) is 0 Å². The molecule has 0 atom stereocenters. The topological polar surface area (TPSA) is 50.2 Å². The Labute approximate surface area is 140 Å². The maximum Gasteiger partial charge on any atom is 0.280 e. The summed E-state index contributed by atoms with van der Waals surface area (Å²) in [6, 6.07) is 17.5. The Kier molecular flexibility index (Phi) is 3.35. The van der Waals surface area contributed by atoms with Crippen molar-refractivity contribution >= 4 is 21.6 Å². The van der Waals surface area contributed by atoms with Crippen LogP contribution in [0.5, 0.6) is 0 Å². The summed E-state index contributed by atoms with van der Waals surface area (Å²) in [5.74, 6) is 0. The molecule has 0 unspecified atom stereocenters. The van der Waals surface area contributed by atoms with Crippen LogP contribution in [0.25, 0.3) is 27.9 Å². The fourth-order valence-electron chi connectivity index (χ4n) is 2.64. The number of hydrogen-bond donors (Lipinski definition) is 1. The second-order valence-electron chi connectivity index (χ2n) is 5.20. The first-order valence-electron chi connectivity index (χ1n) is 7.14. The Bertz CT molecular complexity index is 1050. The number of nitrogens with zero attached hydrogens (tertiary/aromatic N) is 2. The van der Waals surface area contributed by atoms with E-state index >= 15 is 0 Å². The number of benzene rings is 2. The van der Waals surface area contributed by atoms with Crippen molar-refractivity contribution < 1.29 is 0 Å². The SMILES string of the molecule is O=c1c(-c2ccccc2)cnc2c(-c3cccc(Br)c3)c[nH]n12. The van der Waals surface area contributed by atoms with Gasteiger partial charge in [-0.05, 0) is 23.3 Å². The summed E-state index contributed by atoms with van der Waals surface area (Å²) >= 11 is 3.47. The molecule has 4 rings (SSSR count). The van der Waals surface area contributed by atoms with E-state index in [1.807, 2.05) is 54.6 Å². The molecular weight excluding hydrogens is 354 g/mol. The Hall–Kier alpha value is -2.66. The lowest BCUT2D eigenvalue weighted by Crippen LogP contribution is -2.16. The molecule has 0 spiro atoms. The minimum absolute atomic E-state index is 0.109. The van der Waals surface area contributed by atoms with Crippen LogP contribution in [-0.2, 0) is 0 Å². The molecule has 4 aromatic rings. The molecule has 5 heteroatoms. The first-order valence-corrected chi connectivity index (χ1v) is 7.94. The van der Waals surface area contributed by atoms with Crippen LogP contribution in [0.1, 0.15) is 0 Å². The van der Waals surface area contributed by atoms with E-state index in [1.165, 1.54) is 4.52 Å². The third kappa shape index (κ3) is 2.39. The number of fused-ring (bicyclic) bond motifs is 1. The molecule has 4 nitrogen and oxygen atoms in total. The zero-order valence-electron chi connectivity index (χ0n) is 12.0. The maximum atomic E-state index is 12.7. The van der Waals surface area contributed by atoms with E-state index in [0.717, 1.165) is 21.2 Å². The molecule has 0 fully saturated rings. The minimum Gasteiger partial charge on any atom is -0.296 e. The summed E-state index contributed by atoms with van der Waals surface area (Å²) < 4.78 is 2.47. The lowest BCUT2D eigenvalue weighted by molar-refractivity contribution is 0.902. The van der Waals surface area contributed by atoms with Crippen molar-refractivity contribution in [1.29, 1.82) is 0 Å². The van der Waals surface area contributed by atoms with E-state index in [-0.39, 0.29) is 5.56 Å². The molecule has 0 saturated carbocycles. The zero-order valence-corrected chi connectivity index (χ0v) is 13.6. The highest BCUT2D eigenvalue weighted by atomic mass is 79.9. The van der Waals surface area contributed by atoms with Crippen LogP contribution in [0.3, 0.4) is 0 Å². The molecular formula is C18H12BrN3O. The third-order valence-corrected chi connectivity index (χ3v) is 4.25. The van der Waals surface area contributed by atoms with E-state index in [9.17, 15) is 4.79 Å². The predicted octanol–water partition coefficient (Wildman–Crippen LogP) is 4.12. The smallest absolute Gasteiger partial charge is 0.280 e. The molecule has 2 aromatic heterocycles. The minimum atomic E-state index is -0.109. The monoisotopic (exact) mass is 365 g/mol. The average Bonchev–Trinajstić information content (AvgIpc) is 3.01. The molecule has 1 N–H and O–H groups in total. The molecule has 0 aliphatic rings. The first kappa shape index (κ1) is 14.0. The van der Waals surface area contributed by atoms with Crippen molar-refractivity contribution in [3.63, 3.8) is 0 Å². The van der Waals surface area contributed by atoms with Gasteiger partial charge in [0.15, 0.2) is 5.65 Å². The second-order valence-corrected chi connectivity index (χ2v) is 6.12. The molecule has 112 valence electrons. The van der Waals surface area contributed by atoms with Gasteiger partial charge in [0.2, 0.25) is 0 Å². The molecule has 2 aromatic carbocycles. The molecule has 0 aliphatic heterocycles. The van der Waals surface area contributed by atoms with Crippen molar-refractivity contribution in [3.05, 3.63) is 81.8 Å². The van der Waals surface area contributed by atoms with Crippen molar-refractivity contribution in [2.24, 2.45) is 0 Å². The van der Waals surface area contributed by atoms with Crippen LogP contribution in [-0.4, -0.2) is 14.6 Å². The number of aromatic nitrogens is 3. The first-order chi connectivity index (χ1) is 11.2. The van der Waals surface area contributed by atoms with Crippen molar-refractivity contribution in [1.82, 2.24) is 14.6 Å². The third-order valence-electron chi connectivity index (χ3n) is 3.76. The molecule has 0 bridgehead atoms. The van der Waals surface area contributed by atoms with E-state index < -0.39 is 0 Å². The molecule has 0 radical (unpaired) electrons. The molecule has 0 saturated heterocycles. The maximum absolute atomic E-state index is 12.7. The van der Waals surface area contributed by atoms with Crippen LogP contribution < -0.4 is 5.56 Å². The van der Waals surface area contributed by atoms with Crippen molar-refractivity contribution in [2.75, 3.05) is 0 Å². The fraction of sp³-hybridized carbons (Fsp3) is 0. The molecule has 2 heterocycles. The van der Waals surface area contributed by atoms with Gasteiger partial charge in [-0.1, -0.05) is 58.4 Å². The summed E-state index contributed by atoms with van der Waals surface area (Å²) in [5, 5.41) is 3.01. The number of rotatable bonds is 2.